The Morgan fingerprint density at radius 1 is 1.17 bits per heavy atom. The highest BCUT2D eigenvalue weighted by Crippen LogP contribution is 2.17. The van der Waals surface area contributed by atoms with Crippen molar-refractivity contribution in [2.24, 2.45) is 0 Å². The van der Waals surface area contributed by atoms with E-state index in [1.54, 1.807) is 19.1 Å². The summed E-state index contributed by atoms with van der Waals surface area (Å²) in [5.41, 5.74) is 1.18. The molecule has 0 aliphatic heterocycles. The van der Waals surface area contributed by atoms with Gasteiger partial charge < -0.3 is 0 Å². The standard InChI is InChI=1S/C11H10ClN3O2S/c1-8-6-9(2-4-13-8)15-18(16,17)10-3-5-14-11(12)7-10/h2-7H,1H3,(H,13,15). The molecule has 0 atom stereocenters. The van der Waals surface area contributed by atoms with Crippen LogP contribution in [0, 0.1) is 6.92 Å². The Kier molecular flexibility index (Phi) is 3.49. The first-order valence-electron chi connectivity index (χ1n) is 5.04. The molecule has 0 saturated heterocycles. The number of nitrogens with zero attached hydrogens (tertiary/aromatic N) is 2. The molecule has 0 aliphatic rings. The van der Waals surface area contributed by atoms with E-state index in [1.165, 1.54) is 24.5 Å². The van der Waals surface area contributed by atoms with E-state index in [-0.39, 0.29) is 10.0 Å². The lowest BCUT2D eigenvalue weighted by molar-refractivity contribution is 0.601. The summed E-state index contributed by atoms with van der Waals surface area (Å²) in [5.74, 6) is 0. The van der Waals surface area contributed by atoms with Crippen molar-refractivity contribution in [2.45, 2.75) is 11.8 Å². The van der Waals surface area contributed by atoms with E-state index in [0.717, 1.165) is 5.69 Å². The van der Waals surface area contributed by atoms with Gasteiger partial charge in [0.2, 0.25) is 0 Å². The number of aryl methyl sites for hydroxylation is 1. The molecule has 18 heavy (non-hydrogen) atoms. The zero-order valence-electron chi connectivity index (χ0n) is 9.46. The second-order valence-electron chi connectivity index (χ2n) is 3.61. The molecule has 0 bridgehead atoms. The zero-order valence-corrected chi connectivity index (χ0v) is 11.0. The van der Waals surface area contributed by atoms with Crippen LogP contribution in [0.1, 0.15) is 5.69 Å². The second-order valence-corrected chi connectivity index (χ2v) is 5.68. The highest BCUT2D eigenvalue weighted by molar-refractivity contribution is 7.92. The smallest absolute Gasteiger partial charge is 0.262 e. The third-order valence-corrected chi connectivity index (χ3v) is 3.74. The van der Waals surface area contributed by atoms with Crippen LogP contribution >= 0.6 is 11.6 Å². The average Bonchev–Trinajstić information content (AvgIpc) is 2.28. The molecule has 0 fully saturated rings. The number of sulfonamides is 1. The van der Waals surface area contributed by atoms with Crippen LogP contribution in [0.4, 0.5) is 5.69 Å². The fourth-order valence-electron chi connectivity index (χ4n) is 1.37. The predicted octanol–water partition coefficient (Wildman–Crippen LogP) is 2.24. The number of nitrogens with one attached hydrogen (secondary N) is 1. The first-order valence-corrected chi connectivity index (χ1v) is 6.90. The van der Waals surface area contributed by atoms with Gasteiger partial charge in [0.15, 0.2) is 0 Å². The number of hydrogen-bond acceptors (Lipinski definition) is 4. The number of pyridine rings is 2. The van der Waals surface area contributed by atoms with Crippen molar-refractivity contribution in [2.75, 3.05) is 4.72 Å². The number of aromatic nitrogens is 2. The molecule has 0 aliphatic carbocycles. The van der Waals surface area contributed by atoms with E-state index < -0.39 is 10.0 Å². The zero-order chi connectivity index (χ0) is 13.2. The third kappa shape index (κ3) is 2.96. The summed E-state index contributed by atoms with van der Waals surface area (Å²) in [5, 5.41) is 0.129. The van der Waals surface area contributed by atoms with Crippen LogP contribution in [0.15, 0.2) is 41.6 Å². The van der Waals surface area contributed by atoms with Gasteiger partial charge in [-0.25, -0.2) is 13.4 Å². The largest absolute Gasteiger partial charge is 0.280 e. The Morgan fingerprint density at radius 3 is 2.56 bits per heavy atom. The number of anilines is 1. The van der Waals surface area contributed by atoms with Gasteiger partial charge in [0, 0.05) is 18.1 Å². The van der Waals surface area contributed by atoms with Crippen LogP contribution in [0.2, 0.25) is 5.15 Å². The van der Waals surface area contributed by atoms with Gasteiger partial charge >= 0.3 is 0 Å². The topological polar surface area (TPSA) is 72.0 Å². The van der Waals surface area contributed by atoms with Gasteiger partial charge in [-0.05, 0) is 31.2 Å². The normalized spacial score (nSPS) is 11.2. The Morgan fingerprint density at radius 2 is 1.89 bits per heavy atom. The van der Waals surface area contributed by atoms with Crippen LogP contribution in [0.3, 0.4) is 0 Å². The third-order valence-electron chi connectivity index (χ3n) is 2.16. The Hall–Kier alpha value is -1.66. The summed E-state index contributed by atoms with van der Waals surface area (Å²) in [6.07, 6.45) is 2.88. The van der Waals surface area contributed by atoms with Crippen molar-refractivity contribution in [3.8, 4) is 0 Å². The molecule has 2 aromatic rings. The summed E-state index contributed by atoms with van der Waals surface area (Å²) < 4.78 is 26.5. The van der Waals surface area contributed by atoms with Gasteiger partial charge in [-0.3, -0.25) is 9.71 Å². The van der Waals surface area contributed by atoms with Gasteiger partial charge in [0.25, 0.3) is 10.0 Å². The number of hydrogen-bond donors (Lipinski definition) is 1. The first kappa shape index (κ1) is 12.8. The summed E-state index contributed by atoms with van der Waals surface area (Å²) in [7, 11) is -3.65. The minimum Gasteiger partial charge on any atom is -0.280 e. The van der Waals surface area contributed by atoms with Crippen LogP contribution in [0.5, 0.6) is 0 Å². The van der Waals surface area contributed by atoms with E-state index in [1.807, 2.05) is 0 Å². The van der Waals surface area contributed by atoms with Gasteiger partial charge in [-0.2, -0.15) is 0 Å². The van der Waals surface area contributed by atoms with Crippen LogP contribution in [-0.4, -0.2) is 18.4 Å². The van der Waals surface area contributed by atoms with E-state index in [2.05, 4.69) is 14.7 Å². The quantitative estimate of drug-likeness (QED) is 0.877. The lowest BCUT2D eigenvalue weighted by atomic mass is 10.3. The molecule has 0 aromatic carbocycles. The molecule has 2 heterocycles. The van der Waals surface area contributed by atoms with Gasteiger partial charge in [-0.1, -0.05) is 11.6 Å². The molecule has 0 radical (unpaired) electrons. The monoisotopic (exact) mass is 283 g/mol. The molecule has 0 saturated carbocycles. The molecule has 5 nitrogen and oxygen atoms in total. The van der Waals surface area contributed by atoms with Crippen LogP contribution < -0.4 is 4.72 Å². The molecule has 0 spiro atoms. The maximum Gasteiger partial charge on any atom is 0.262 e. The lowest BCUT2D eigenvalue weighted by Gasteiger charge is -2.08. The van der Waals surface area contributed by atoms with Crippen molar-refractivity contribution in [1.82, 2.24) is 9.97 Å². The van der Waals surface area contributed by atoms with Crippen molar-refractivity contribution in [1.29, 1.82) is 0 Å². The van der Waals surface area contributed by atoms with Gasteiger partial charge in [-0.15, -0.1) is 0 Å². The predicted molar refractivity (Wildman–Crippen MR) is 69.0 cm³/mol. The Labute approximate surface area is 110 Å². The van der Waals surface area contributed by atoms with E-state index in [4.69, 9.17) is 11.6 Å². The highest BCUT2D eigenvalue weighted by atomic mass is 35.5. The molecule has 2 rings (SSSR count). The van der Waals surface area contributed by atoms with Gasteiger partial charge in [0.1, 0.15) is 5.15 Å². The molecule has 0 unspecified atom stereocenters. The number of halogens is 1. The highest BCUT2D eigenvalue weighted by Gasteiger charge is 2.14. The first-order chi connectivity index (χ1) is 8.47. The fourth-order valence-corrected chi connectivity index (χ4v) is 2.68. The minimum atomic E-state index is -3.65. The summed E-state index contributed by atoms with van der Waals surface area (Å²) in [6.45, 7) is 1.78. The Balaban J connectivity index is 2.33. The SMILES string of the molecule is Cc1cc(NS(=O)(=O)c2ccnc(Cl)c2)ccn1. The summed E-state index contributed by atoms with van der Waals surface area (Å²) in [6, 6.07) is 5.88. The maximum absolute atomic E-state index is 12.0. The van der Waals surface area contributed by atoms with Crippen molar-refractivity contribution < 1.29 is 8.42 Å². The molecule has 2 aromatic heterocycles. The average molecular weight is 284 g/mol. The number of rotatable bonds is 3. The van der Waals surface area contributed by atoms with Crippen LogP contribution in [-0.2, 0) is 10.0 Å². The lowest BCUT2D eigenvalue weighted by Crippen LogP contribution is -2.13. The fraction of sp³-hybridized carbons (Fsp3) is 0.0909. The summed E-state index contributed by atoms with van der Waals surface area (Å²) >= 11 is 5.67. The maximum atomic E-state index is 12.0. The minimum absolute atomic E-state index is 0.0666. The van der Waals surface area contributed by atoms with Crippen molar-refractivity contribution >= 4 is 27.3 Å². The van der Waals surface area contributed by atoms with E-state index >= 15 is 0 Å². The van der Waals surface area contributed by atoms with E-state index in [0.29, 0.717) is 5.69 Å². The van der Waals surface area contributed by atoms with Gasteiger partial charge in [0.05, 0.1) is 10.6 Å². The second kappa shape index (κ2) is 4.91. The van der Waals surface area contributed by atoms with Crippen molar-refractivity contribution in [3.63, 3.8) is 0 Å². The molecular weight excluding hydrogens is 274 g/mol. The molecule has 7 heteroatoms. The van der Waals surface area contributed by atoms with Crippen LogP contribution in [0.25, 0.3) is 0 Å². The molecule has 94 valence electrons. The van der Waals surface area contributed by atoms with Crippen molar-refractivity contribution in [3.05, 3.63) is 47.5 Å². The van der Waals surface area contributed by atoms with E-state index in [9.17, 15) is 8.42 Å². The molecular formula is C11H10ClN3O2S. The molecule has 1 N–H and O–H groups in total. The Bertz CT molecular complexity index is 673. The summed E-state index contributed by atoms with van der Waals surface area (Å²) in [4.78, 5) is 7.80. The molecule has 0 amide bonds.